The lowest BCUT2D eigenvalue weighted by Crippen LogP contribution is -2.25. The number of hydrogen-bond donors (Lipinski definition) is 2. The average molecular weight is 340 g/mol. The number of rotatable bonds is 5. The molecule has 1 atom stereocenters. The van der Waals surface area contributed by atoms with Crippen LogP contribution in [0.5, 0.6) is 0 Å². The van der Waals surface area contributed by atoms with Crippen LogP contribution in [0.2, 0.25) is 0 Å². The molecule has 1 aliphatic rings. The van der Waals surface area contributed by atoms with Crippen molar-refractivity contribution in [1.82, 2.24) is 5.32 Å². The highest BCUT2D eigenvalue weighted by Gasteiger charge is 2.18. The van der Waals surface area contributed by atoms with Crippen molar-refractivity contribution in [3.8, 4) is 0 Å². The third kappa shape index (κ3) is 4.07. The second-order valence-corrected chi connectivity index (χ2v) is 6.74. The predicted octanol–water partition coefficient (Wildman–Crippen LogP) is 4.17. The van der Waals surface area contributed by atoms with Crippen molar-refractivity contribution in [3.63, 3.8) is 0 Å². The minimum absolute atomic E-state index is 0.0933. The van der Waals surface area contributed by atoms with E-state index in [0.717, 1.165) is 29.7 Å². The first-order valence-corrected chi connectivity index (χ1v) is 8.98. The molecular formula is C21H25FN2O. The molecule has 3 rings (SSSR count). The van der Waals surface area contributed by atoms with Crippen molar-refractivity contribution in [2.75, 3.05) is 11.9 Å². The van der Waals surface area contributed by atoms with Gasteiger partial charge in [0.2, 0.25) is 5.91 Å². The van der Waals surface area contributed by atoms with Crippen LogP contribution in [0.4, 0.5) is 10.1 Å². The van der Waals surface area contributed by atoms with E-state index in [1.807, 2.05) is 13.0 Å². The molecule has 2 aromatic rings. The lowest BCUT2D eigenvalue weighted by molar-refractivity contribution is -0.116. The molecule has 0 fully saturated rings. The van der Waals surface area contributed by atoms with Crippen molar-refractivity contribution >= 4 is 11.6 Å². The van der Waals surface area contributed by atoms with E-state index in [0.29, 0.717) is 25.1 Å². The maximum absolute atomic E-state index is 14.6. The van der Waals surface area contributed by atoms with Crippen molar-refractivity contribution < 1.29 is 9.18 Å². The second kappa shape index (κ2) is 7.79. The number of fused-ring (bicyclic) bond motifs is 1. The van der Waals surface area contributed by atoms with E-state index < -0.39 is 0 Å². The normalized spacial score (nSPS) is 14.7. The summed E-state index contributed by atoms with van der Waals surface area (Å²) in [7, 11) is 0. The van der Waals surface area contributed by atoms with E-state index in [4.69, 9.17) is 0 Å². The van der Waals surface area contributed by atoms with Gasteiger partial charge in [0.25, 0.3) is 0 Å². The Morgan fingerprint density at radius 1 is 1.24 bits per heavy atom. The van der Waals surface area contributed by atoms with Gasteiger partial charge in [0.05, 0.1) is 5.69 Å². The van der Waals surface area contributed by atoms with Gasteiger partial charge < -0.3 is 10.6 Å². The Labute approximate surface area is 148 Å². The molecule has 1 aliphatic heterocycles. The summed E-state index contributed by atoms with van der Waals surface area (Å²) in [5.74, 6) is -0.344. The molecule has 0 radical (unpaired) electrons. The lowest BCUT2D eigenvalue weighted by atomic mass is 9.95. The zero-order valence-corrected chi connectivity index (χ0v) is 14.9. The maximum atomic E-state index is 14.6. The van der Waals surface area contributed by atoms with Crippen molar-refractivity contribution in [1.29, 1.82) is 0 Å². The van der Waals surface area contributed by atoms with Crippen LogP contribution in [0.1, 0.15) is 48.4 Å². The lowest BCUT2D eigenvalue weighted by Gasteiger charge is -2.20. The molecule has 0 spiro atoms. The van der Waals surface area contributed by atoms with Gasteiger partial charge in [-0.05, 0) is 53.6 Å². The average Bonchev–Trinajstić information content (AvgIpc) is 2.64. The third-order valence-corrected chi connectivity index (χ3v) is 4.93. The Balaban J connectivity index is 1.66. The maximum Gasteiger partial charge on any atom is 0.225 e. The van der Waals surface area contributed by atoms with Crippen LogP contribution in [-0.4, -0.2) is 12.5 Å². The van der Waals surface area contributed by atoms with Gasteiger partial charge in [0, 0.05) is 13.0 Å². The predicted molar refractivity (Wildman–Crippen MR) is 99.3 cm³/mol. The number of carbonyl (C=O) groups excluding carboxylic acids is 1. The first kappa shape index (κ1) is 17.6. The standard InChI is InChI=1S/C21H25FN2O/c1-3-15-4-6-16(7-5-15)14(2)12-20(25)24-19-9-8-17-13-23-11-10-18(17)21(19)22/h4-9,14,23H,3,10-13H2,1-2H3,(H,24,25). The smallest absolute Gasteiger partial charge is 0.225 e. The van der Waals surface area contributed by atoms with Crippen molar-refractivity contribution in [3.05, 3.63) is 64.5 Å². The first-order chi connectivity index (χ1) is 12.1. The van der Waals surface area contributed by atoms with E-state index in [9.17, 15) is 9.18 Å². The van der Waals surface area contributed by atoms with Crippen LogP contribution in [-0.2, 0) is 24.2 Å². The van der Waals surface area contributed by atoms with Gasteiger partial charge in [-0.25, -0.2) is 4.39 Å². The Morgan fingerprint density at radius 2 is 2.00 bits per heavy atom. The van der Waals surface area contributed by atoms with Gasteiger partial charge in [0.1, 0.15) is 5.82 Å². The van der Waals surface area contributed by atoms with Crippen LogP contribution >= 0.6 is 0 Å². The summed E-state index contributed by atoms with van der Waals surface area (Å²) >= 11 is 0. The van der Waals surface area contributed by atoms with Crippen LogP contribution in [0, 0.1) is 5.82 Å². The molecule has 1 unspecified atom stereocenters. The largest absolute Gasteiger partial charge is 0.324 e. The third-order valence-electron chi connectivity index (χ3n) is 4.93. The second-order valence-electron chi connectivity index (χ2n) is 6.74. The van der Waals surface area contributed by atoms with Gasteiger partial charge >= 0.3 is 0 Å². The van der Waals surface area contributed by atoms with Gasteiger partial charge in [-0.3, -0.25) is 4.79 Å². The van der Waals surface area contributed by atoms with E-state index in [1.165, 1.54) is 5.56 Å². The number of benzene rings is 2. The molecular weight excluding hydrogens is 315 g/mol. The minimum Gasteiger partial charge on any atom is -0.324 e. The summed E-state index contributed by atoms with van der Waals surface area (Å²) in [5.41, 5.74) is 4.40. The topological polar surface area (TPSA) is 41.1 Å². The molecule has 0 saturated heterocycles. The highest BCUT2D eigenvalue weighted by molar-refractivity contribution is 5.91. The Kier molecular flexibility index (Phi) is 5.49. The van der Waals surface area contributed by atoms with Gasteiger partial charge in [-0.2, -0.15) is 0 Å². The number of carbonyl (C=O) groups is 1. The molecule has 0 aromatic heterocycles. The Morgan fingerprint density at radius 3 is 2.72 bits per heavy atom. The SMILES string of the molecule is CCc1ccc(C(C)CC(=O)Nc2ccc3c(c2F)CCNC3)cc1. The number of anilines is 1. The molecule has 2 aromatic carbocycles. The summed E-state index contributed by atoms with van der Waals surface area (Å²) in [6, 6.07) is 11.9. The molecule has 2 N–H and O–H groups in total. The number of nitrogens with one attached hydrogen (secondary N) is 2. The molecule has 0 bridgehead atoms. The van der Waals surface area contributed by atoms with Gasteiger partial charge in [-0.15, -0.1) is 0 Å². The zero-order valence-electron chi connectivity index (χ0n) is 14.9. The van der Waals surface area contributed by atoms with Crippen LogP contribution < -0.4 is 10.6 Å². The van der Waals surface area contributed by atoms with E-state index in [-0.39, 0.29) is 17.6 Å². The number of aryl methyl sites for hydroxylation is 1. The molecule has 4 heteroatoms. The van der Waals surface area contributed by atoms with Crippen molar-refractivity contribution in [2.45, 2.75) is 45.6 Å². The fourth-order valence-corrected chi connectivity index (χ4v) is 3.31. The Bertz CT molecular complexity index is 755. The number of halogens is 1. The fourth-order valence-electron chi connectivity index (χ4n) is 3.31. The summed E-state index contributed by atoms with van der Waals surface area (Å²) < 4.78 is 14.6. The van der Waals surface area contributed by atoms with Gasteiger partial charge in [0.15, 0.2) is 0 Å². The van der Waals surface area contributed by atoms with E-state index in [1.54, 1.807) is 6.07 Å². The summed E-state index contributed by atoms with van der Waals surface area (Å²) in [4.78, 5) is 12.3. The van der Waals surface area contributed by atoms with Crippen molar-refractivity contribution in [2.24, 2.45) is 0 Å². The molecule has 132 valence electrons. The fraction of sp³-hybridized carbons (Fsp3) is 0.381. The Hall–Kier alpha value is -2.20. The van der Waals surface area contributed by atoms with Crippen LogP contribution in [0.3, 0.4) is 0 Å². The summed E-state index contributed by atoms with van der Waals surface area (Å²) in [5, 5.41) is 5.98. The molecule has 1 heterocycles. The molecule has 25 heavy (non-hydrogen) atoms. The molecule has 3 nitrogen and oxygen atoms in total. The number of amides is 1. The molecule has 0 aliphatic carbocycles. The number of hydrogen-bond acceptors (Lipinski definition) is 2. The highest BCUT2D eigenvalue weighted by Crippen LogP contribution is 2.26. The van der Waals surface area contributed by atoms with Gasteiger partial charge in [-0.1, -0.05) is 44.2 Å². The quantitative estimate of drug-likeness (QED) is 0.858. The monoisotopic (exact) mass is 340 g/mol. The zero-order chi connectivity index (χ0) is 17.8. The highest BCUT2D eigenvalue weighted by atomic mass is 19.1. The summed E-state index contributed by atoms with van der Waals surface area (Å²) in [6.07, 6.45) is 2.00. The van der Waals surface area contributed by atoms with Crippen LogP contribution in [0.25, 0.3) is 0 Å². The first-order valence-electron chi connectivity index (χ1n) is 8.98. The van der Waals surface area contributed by atoms with E-state index in [2.05, 4.69) is 41.8 Å². The van der Waals surface area contributed by atoms with E-state index >= 15 is 0 Å². The molecule has 1 amide bonds. The molecule has 0 saturated carbocycles. The summed E-state index contributed by atoms with van der Waals surface area (Å²) in [6.45, 7) is 5.60. The van der Waals surface area contributed by atoms with Crippen LogP contribution in [0.15, 0.2) is 36.4 Å². The minimum atomic E-state index is -0.285.